The molecule has 0 aliphatic carbocycles. The van der Waals surface area contributed by atoms with Gasteiger partial charge in [0.2, 0.25) is 0 Å². The molecule has 1 N–H and O–H groups in total. The number of aliphatic hydroxyl groups excluding tert-OH is 1. The largest absolute Gasteiger partial charge is 1.00 e. The topological polar surface area (TPSA) is 86.7 Å². The number of rotatable bonds is 2. The summed E-state index contributed by atoms with van der Waals surface area (Å²) in [6.45, 7) is 0.569. The minimum Gasteiger partial charge on any atom is -0.746 e. The van der Waals surface area contributed by atoms with Crippen LogP contribution >= 0.6 is 0 Å². The van der Waals surface area contributed by atoms with E-state index in [-0.39, 0.29) is 36.2 Å². The first-order valence-corrected chi connectivity index (χ1v) is 4.69. The molecule has 5 nitrogen and oxygen atoms in total. The van der Waals surface area contributed by atoms with Crippen LogP contribution in [-0.2, 0) is 14.9 Å². The van der Waals surface area contributed by atoms with Crippen LogP contribution in [0.25, 0.3) is 0 Å². The van der Waals surface area contributed by atoms with E-state index in [2.05, 4.69) is 0 Å². The van der Waals surface area contributed by atoms with Crippen LogP contribution in [0.15, 0.2) is 0 Å². The fourth-order valence-corrected chi connectivity index (χ4v) is 1.70. The summed E-state index contributed by atoms with van der Waals surface area (Å²) in [5.41, 5.74) is -1.80. The maximum atomic E-state index is 10.3. The summed E-state index contributed by atoms with van der Waals surface area (Å²) in [7, 11) is -4.56. The molecule has 66 valence electrons. The molecule has 1 aliphatic heterocycles. The number of hydrogen-bond acceptors (Lipinski definition) is 5. The first-order chi connectivity index (χ1) is 5.02. The summed E-state index contributed by atoms with van der Waals surface area (Å²) in [6.07, 6.45) is 0.433. The van der Waals surface area contributed by atoms with E-state index < -0.39 is 21.5 Å². The van der Waals surface area contributed by atoms with Gasteiger partial charge in [-0.3, -0.25) is 0 Å². The number of hydrogen-bond donors (Lipinski definition) is 1. The molecule has 1 heterocycles. The molecule has 7 heteroatoms. The Morgan fingerprint density at radius 2 is 2.17 bits per heavy atom. The molecule has 0 bridgehead atoms. The van der Waals surface area contributed by atoms with Gasteiger partial charge < -0.3 is 14.4 Å². The maximum absolute atomic E-state index is 10.3. The average Bonchev–Trinajstić information content (AvgIpc) is 2.34. The average molecular weight is 204 g/mol. The molecule has 0 aromatic rings. The van der Waals surface area contributed by atoms with Gasteiger partial charge in [0.05, 0.1) is 6.61 Å². The van der Waals surface area contributed by atoms with Crippen LogP contribution in [0.2, 0.25) is 0 Å². The minimum absolute atomic E-state index is 0. The van der Waals surface area contributed by atoms with Crippen molar-refractivity contribution in [3.63, 3.8) is 0 Å². The zero-order valence-corrected chi connectivity index (χ0v) is 9.58. The van der Waals surface area contributed by atoms with Crippen molar-refractivity contribution in [3.8, 4) is 0 Å². The Morgan fingerprint density at radius 1 is 1.58 bits per heavy atom. The molecular formula is C5H9NaO5S. The summed E-state index contributed by atoms with van der Waals surface area (Å²) in [5.74, 6) is -0.544. The van der Waals surface area contributed by atoms with Crippen molar-refractivity contribution in [1.82, 2.24) is 0 Å². The molecular weight excluding hydrogens is 195 g/mol. The van der Waals surface area contributed by atoms with Gasteiger partial charge in [-0.25, -0.2) is 8.42 Å². The van der Waals surface area contributed by atoms with Crippen molar-refractivity contribution < 1.29 is 52.4 Å². The minimum atomic E-state index is -4.56. The zero-order valence-electron chi connectivity index (χ0n) is 6.76. The van der Waals surface area contributed by atoms with Gasteiger partial charge in [0.25, 0.3) is 0 Å². The Balaban J connectivity index is 0.00000121. The molecule has 1 aliphatic rings. The predicted octanol–water partition coefficient (Wildman–Crippen LogP) is -4.11. The second-order valence-electron chi connectivity index (χ2n) is 2.51. The first kappa shape index (κ1) is 12.8. The van der Waals surface area contributed by atoms with Gasteiger partial charge in [-0.05, 0) is 6.42 Å². The van der Waals surface area contributed by atoms with Crippen LogP contribution in [0.3, 0.4) is 0 Å². The van der Waals surface area contributed by atoms with E-state index in [4.69, 9.17) is 9.84 Å². The van der Waals surface area contributed by atoms with Gasteiger partial charge in [-0.2, -0.15) is 0 Å². The Bertz CT molecular complexity index is 220. The third-order valence-corrected chi connectivity index (χ3v) is 2.64. The van der Waals surface area contributed by atoms with E-state index in [1.807, 2.05) is 0 Å². The second-order valence-corrected chi connectivity index (χ2v) is 3.98. The Labute approximate surface area is 93.1 Å². The molecule has 1 fully saturated rings. The molecule has 1 saturated heterocycles. The fourth-order valence-electron chi connectivity index (χ4n) is 1.01. The van der Waals surface area contributed by atoms with Crippen molar-refractivity contribution in [3.05, 3.63) is 0 Å². The zero-order chi connectivity index (χ0) is 8.48. The Kier molecular flexibility index (Phi) is 5.24. The van der Waals surface area contributed by atoms with Gasteiger partial charge in [-0.1, -0.05) is 0 Å². The van der Waals surface area contributed by atoms with Crippen molar-refractivity contribution in [2.45, 2.75) is 11.9 Å². The maximum Gasteiger partial charge on any atom is 1.00 e. The van der Waals surface area contributed by atoms with Crippen LogP contribution in [0.4, 0.5) is 0 Å². The molecule has 12 heavy (non-hydrogen) atoms. The quantitative estimate of drug-likeness (QED) is 0.365. The number of aliphatic hydroxyl groups is 1. The summed E-state index contributed by atoms with van der Waals surface area (Å²) >= 11 is 0. The van der Waals surface area contributed by atoms with Gasteiger partial charge >= 0.3 is 29.6 Å². The molecule has 0 aromatic heterocycles. The molecule has 2 atom stereocenters. The van der Waals surface area contributed by atoms with Gasteiger partial charge in [-0.15, -0.1) is 0 Å². The van der Waals surface area contributed by atoms with Gasteiger partial charge in [0.15, 0.2) is 0 Å². The summed E-state index contributed by atoms with van der Waals surface area (Å²) in [6, 6.07) is 0. The number of ether oxygens (including phenoxy) is 1. The van der Waals surface area contributed by atoms with E-state index in [0.29, 0.717) is 13.0 Å². The van der Waals surface area contributed by atoms with E-state index in [0.717, 1.165) is 0 Å². The van der Waals surface area contributed by atoms with E-state index >= 15 is 0 Å². The summed E-state index contributed by atoms with van der Waals surface area (Å²) in [4.78, 5) is 0. The third-order valence-electron chi connectivity index (χ3n) is 1.66. The first-order valence-electron chi connectivity index (χ1n) is 3.22. The molecule has 0 amide bonds. The summed E-state index contributed by atoms with van der Waals surface area (Å²) < 4.78 is 35.6. The fraction of sp³-hybridized carbons (Fsp3) is 1.00. The van der Waals surface area contributed by atoms with Gasteiger partial charge in [0.1, 0.15) is 15.6 Å². The van der Waals surface area contributed by atoms with E-state index in [1.165, 1.54) is 0 Å². The Morgan fingerprint density at radius 3 is 2.50 bits per heavy atom. The van der Waals surface area contributed by atoms with Crippen molar-refractivity contribution >= 4 is 10.1 Å². The van der Waals surface area contributed by atoms with Crippen molar-refractivity contribution in [2.75, 3.05) is 13.2 Å². The Hall–Kier alpha value is 0.830. The molecule has 2 unspecified atom stereocenters. The molecule has 0 aromatic carbocycles. The molecule has 0 saturated carbocycles. The standard InChI is InChI=1S/C5H10O5S.Na/c6-5(11(7,8)9)4-1-2-10-3-4;/h4-6H,1-3H2,(H,7,8,9);/q;+1/p-1. The van der Waals surface area contributed by atoms with E-state index in [9.17, 15) is 13.0 Å². The normalized spacial score (nSPS) is 26.3. The smallest absolute Gasteiger partial charge is 0.746 e. The SMILES string of the molecule is O=S(=O)([O-])C(O)C1CCOC1.[Na+]. The van der Waals surface area contributed by atoms with E-state index in [1.54, 1.807) is 0 Å². The third kappa shape index (κ3) is 3.29. The second kappa shape index (κ2) is 4.90. The van der Waals surface area contributed by atoms with Crippen LogP contribution in [-0.4, -0.2) is 36.7 Å². The van der Waals surface area contributed by atoms with Crippen LogP contribution in [0.1, 0.15) is 6.42 Å². The van der Waals surface area contributed by atoms with Crippen molar-refractivity contribution in [2.24, 2.45) is 5.92 Å². The van der Waals surface area contributed by atoms with Gasteiger partial charge in [0, 0.05) is 12.5 Å². The molecule has 0 radical (unpaired) electrons. The van der Waals surface area contributed by atoms with Crippen LogP contribution in [0, 0.1) is 5.92 Å². The molecule has 1 rings (SSSR count). The monoisotopic (exact) mass is 204 g/mol. The van der Waals surface area contributed by atoms with Crippen LogP contribution < -0.4 is 29.6 Å². The van der Waals surface area contributed by atoms with Crippen LogP contribution in [0.5, 0.6) is 0 Å². The summed E-state index contributed by atoms with van der Waals surface area (Å²) in [5, 5.41) is 8.91. The van der Waals surface area contributed by atoms with Crippen molar-refractivity contribution in [1.29, 1.82) is 0 Å². The predicted molar refractivity (Wildman–Crippen MR) is 34.6 cm³/mol. The molecule has 0 spiro atoms.